The number of furan rings is 1. The maximum atomic E-state index is 6.57. The minimum atomic E-state index is -0.567. The van der Waals surface area contributed by atoms with Crippen molar-refractivity contribution in [2.45, 2.75) is 5.41 Å². The van der Waals surface area contributed by atoms with E-state index in [9.17, 15) is 0 Å². The smallest absolute Gasteiger partial charge is 0.160 e. The van der Waals surface area contributed by atoms with Gasteiger partial charge in [0.05, 0.1) is 16.6 Å². The van der Waals surface area contributed by atoms with Crippen molar-refractivity contribution >= 4 is 32.8 Å². The molecule has 0 atom stereocenters. The molecule has 0 unspecified atom stereocenters. The number of benzene rings is 8. The molecule has 0 bridgehead atoms. The molecule has 0 amide bonds. The number of ether oxygens (including phenoxy) is 1. The number of para-hydroxylation sites is 4. The molecule has 0 N–H and O–H groups in total. The van der Waals surface area contributed by atoms with Gasteiger partial charge in [0.15, 0.2) is 5.82 Å². The first-order valence-corrected chi connectivity index (χ1v) is 18.6. The molecule has 1 aliphatic heterocycles. The minimum absolute atomic E-state index is 0.567. The fraction of sp³-hybridized carbons (Fsp3) is 0.0196. The minimum Gasteiger partial charge on any atom is -0.457 e. The third-order valence-corrected chi connectivity index (χ3v) is 11.6. The predicted molar refractivity (Wildman–Crippen MR) is 221 cm³/mol. The van der Waals surface area contributed by atoms with E-state index < -0.39 is 5.41 Å². The predicted octanol–water partition coefficient (Wildman–Crippen LogP) is 13.0. The molecule has 0 fully saturated rings. The lowest BCUT2D eigenvalue weighted by atomic mass is 9.66. The quantitative estimate of drug-likeness (QED) is 0.184. The molecule has 4 nitrogen and oxygen atoms in total. The molecule has 3 heterocycles. The summed E-state index contributed by atoms with van der Waals surface area (Å²) >= 11 is 0. The second-order valence-electron chi connectivity index (χ2n) is 14.5. The van der Waals surface area contributed by atoms with Crippen LogP contribution in [-0.2, 0) is 5.41 Å². The standard InChI is InChI=1S/C51H30N2O2/c1-4-17-40-35(14-1)36-26-24-34(30-43(36)51(40)41-18-5-9-22-47(41)55-48-23-10-6-19-42(48)51)50-52-44-20-7-2-16-38(44)49(53-50)33-13-11-12-31(28-33)32-25-27-46-39(29-32)37-15-3-8-21-45(37)54-46/h1-30H. The molecule has 2 aromatic heterocycles. The fourth-order valence-corrected chi connectivity index (χ4v) is 9.17. The van der Waals surface area contributed by atoms with Crippen LogP contribution in [0.4, 0.5) is 0 Å². The second-order valence-corrected chi connectivity index (χ2v) is 14.5. The van der Waals surface area contributed by atoms with E-state index >= 15 is 0 Å². The summed E-state index contributed by atoms with van der Waals surface area (Å²) in [4.78, 5) is 10.6. The third kappa shape index (κ3) is 4.28. The van der Waals surface area contributed by atoms with Crippen molar-refractivity contribution in [2.24, 2.45) is 0 Å². The van der Waals surface area contributed by atoms with E-state index in [4.69, 9.17) is 19.1 Å². The van der Waals surface area contributed by atoms with Crippen LogP contribution >= 0.6 is 0 Å². The summed E-state index contributed by atoms with van der Waals surface area (Å²) in [5, 5.41) is 3.24. The first-order valence-electron chi connectivity index (χ1n) is 18.6. The Morgan fingerprint density at radius 2 is 1.02 bits per heavy atom. The number of rotatable bonds is 3. The number of aromatic nitrogens is 2. The van der Waals surface area contributed by atoms with Gasteiger partial charge in [-0.15, -0.1) is 0 Å². The Morgan fingerprint density at radius 3 is 1.87 bits per heavy atom. The van der Waals surface area contributed by atoms with Gasteiger partial charge in [-0.05, 0) is 81.9 Å². The van der Waals surface area contributed by atoms with Gasteiger partial charge in [0.1, 0.15) is 22.7 Å². The van der Waals surface area contributed by atoms with Gasteiger partial charge in [-0.25, -0.2) is 9.97 Å². The highest BCUT2D eigenvalue weighted by molar-refractivity contribution is 6.06. The third-order valence-electron chi connectivity index (χ3n) is 11.6. The van der Waals surface area contributed by atoms with E-state index in [0.29, 0.717) is 5.82 Å². The molecule has 1 aliphatic carbocycles. The summed E-state index contributed by atoms with van der Waals surface area (Å²) in [5.74, 6) is 2.44. The van der Waals surface area contributed by atoms with Crippen LogP contribution in [0.25, 0.3) is 77.7 Å². The zero-order chi connectivity index (χ0) is 36.1. The molecular weight excluding hydrogens is 673 g/mol. The van der Waals surface area contributed by atoms with Gasteiger partial charge in [-0.2, -0.15) is 0 Å². The average molecular weight is 703 g/mol. The van der Waals surface area contributed by atoms with Crippen molar-refractivity contribution < 1.29 is 9.15 Å². The van der Waals surface area contributed by atoms with Gasteiger partial charge in [0.2, 0.25) is 0 Å². The number of hydrogen-bond donors (Lipinski definition) is 0. The SMILES string of the molecule is c1cc(-c2ccc3oc4ccccc4c3c2)cc(-c2nc(-c3ccc4c(c3)C3(c5ccccc5Oc5ccccc53)c3ccccc3-4)nc3ccccc23)c1. The van der Waals surface area contributed by atoms with Crippen molar-refractivity contribution in [1.82, 2.24) is 9.97 Å². The van der Waals surface area contributed by atoms with E-state index in [0.717, 1.165) is 83.4 Å². The van der Waals surface area contributed by atoms with E-state index in [1.807, 2.05) is 18.2 Å². The van der Waals surface area contributed by atoms with Crippen LogP contribution in [0.5, 0.6) is 11.5 Å². The molecule has 0 radical (unpaired) electrons. The number of hydrogen-bond acceptors (Lipinski definition) is 4. The zero-order valence-electron chi connectivity index (χ0n) is 29.5. The molecule has 10 aromatic rings. The average Bonchev–Trinajstić information content (AvgIpc) is 3.77. The summed E-state index contributed by atoms with van der Waals surface area (Å²) in [6, 6.07) is 64.1. The van der Waals surface area contributed by atoms with Crippen LogP contribution in [0.2, 0.25) is 0 Å². The Hall–Kier alpha value is -7.30. The van der Waals surface area contributed by atoms with E-state index in [1.54, 1.807) is 0 Å². The zero-order valence-corrected chi connectivity index (χ0v) is 29.5. The highest BCUT2D eigenvalue weighted by atomic mass is 16.5. The number of nitrogens with zero attached hydrogens (tertiary/aromatic N) is 2. The highest BCUT2D eigenvalue weighted by Crippen LogP contribution is 2.62. The van der Waals surface area contributed by atoms with Crippen molar-refractivity contribution in [3.05, 3.63) is 204 Å². The van der Waals surface area contributed by atoms with Crippen molar-refractivity contribution in [3.8, 4) is 56.4 Å². The monoisotopic (exact) mass is 702 g/mol. The first-order chi connectivity index (χ1) is 27.2. The van der Waals surface area contributed by atoms with Crippen LogP contribution in [-0.4, -0.2) is 9.97 Å². The van der Waals surface area contributed by atoms with Crippen molar-refractivity contribution in [1.29, 1.82) is 0 Å². The van der Waals surface area contributed by atoms with Crippen LogP contribution < -0.4 is 4.74 Å². The molecule has 4 heteroatoms. The lowest BCUT2D eigenvalue weighted by Crippen LogP contribution is -2.32. The van der Waals surface area contributed by atoms with Crippen LogP contribution in [0.1, 0.15) is 22.3 Å². The molecular formula is C51H30N2O2. The lowest BCUT2D eigenvalue weighted by molar-refractivity contribution is 0.436. The van der Waals surface area contributed by atoms with Crippen LogP contribution in [0, 0.1) is 0 Å². The summed E-state index contributed by atoms with van der Waals surface area (Å²) in [6.45, 7) is 0. The van der Waals surface area contributed by atoms with Gasteiger partial charge in [0.25, 0.3) is 0 Å². The summed E-state index contributed by atoms with van der Waals surface area (Å²) in [7, 11) is 0. The molecule has 0 saturated heterocycles. The van der Waals surface area contributed by atoms with Crippen molar-refractivity contribution in [2.75, 3.05) is 0 Å². The summed E-state index contributed by atoms with van der Waals surface area (Å²) in [6.07, 6.45) is 0. The molecule has 55 heavy (non-hydrogen) atoms. The lowest BCUT2D eigenvalue weighted by Gasteiger charge is -2.39. The summed E-state index contributed by atoms with van der Waals surface area (Å²) < 4.78 is 12.7. The van der Waals surface area contributed by atoms with Crippen LogP contribution in [0.3, 0.4) is 0 Å². The maximum Gasteiger partial charge on any atom is 0.160 e. The van der Waals surface area contributed by atoms with Gasteiger partial charge in [-0.1, -0.05) is 133 Å². The Kier molecular flexibility index (Phi) is 6.23. The Balaban J connectivity index is 1.05. The normalized spacial score (nSPS) is 13.4. The topological polar surface area (TPSA) is 48.2 Å². The fourth-order valence-electron chi connectivity index (χ4n) is 9.17. The Labute approximate surface area is 317 Å². The summed E-state index contributed by atoms with van der Waals surface area (Å²) in [5.41, 5.74) is 14.4. The maximum absolute atomic E-state index is 6.57. The molecule has 8 aromatic carbocycles. The molecule has 256 valence electrons. The van der Waals surface area contributed by atoms with Gasteiger partial charge in [-0.3, -0.25) is 0 Å². The number of fused-ring (bicyclic) bond motifs is 13. The van der Waals surface area contributed by atoms with E-state index in [2.05, 4.69) is 164 Å². The van der Waals surface area contributed by atoms with E-state index in [1.165, 1.54) is 22.3 Å². The van der Waals surface area contributed by atoms with Gasteiger partial charge in [0, 0.05) is 38.4 Å². The molecule has 12 rings (SSSR count). The largest absolute Gasteiger partial charge is 0.457 e. The molecule has 1 spiro atoms. The van der Waals surface area contributed by atoms with Gasteiger partial charge >= 0.3 is 0 Å². The van der Waals surface area contributed by atoms with Crippen molar-refractivity contribution in [3.63, 3.8) is 0 Å². The Bertz CT molecular complexity index is 3170. The Morgan fingerprint density at radius 1 is 0.382 bits per heavy atom. The molecule has 0 saturated carbocycles. The second kappa shape index (κ2) is 11.3. The molecule has 2 aliphatic rings. The highest BCUT2D eigenvalue weighted by Gasteiger charge is 2.51. The van der Waals surface area contributed by atoms with Crippen LogP contribution in [0.15, 0.2) is 186 Å². The van der Waals surface area contributed by atoms with E-state index in [-0.39, 0.29) is 0 Å². The van der Waals surface area contributed by atoms with Gasteiger partial charge < -0.3 is 9.15 Å². The first kappa shape index (κ1) is 30.2.